The number of anilines is 1. The van der Waals surface area contributed by atoms with Crippen LogP contribution in [0.3, 0.4) is 0 Å². The van der Waals surface area contributed by atoms with Gasteiger partial charge in [0.1, 0.15) is 5.92 Å². The van der Waals surface area contributed by atoms with Gasteiger partial charge in [-0.25, -0.2) is 4.79 Å². The maximum atomic E-state index is 12.9. The molecule has 0 spiro atoms. The molecule has 1 aliphatic carbocycles. The van der Waals surface area contributed by atoms with Crippen LogP contribution in [-0.2, 0) is 20.7 Å². The maximum Gasteiger partial charge on any atom is 0.331 e. The van der Waals surface area contributed by atoms with E-state index < -0.39 is 29.3 Å². The number of nitrogens with zero attached hydrogens (tertiary/aromatic N) is 4. The molecule has 1 N–H and O–H groups in total. The molecule has 38 heavy (non-hydrogen) atoms. The molecule has 2 aromatic heterocycles. The number of pyridine rings is 1. The number of hydrogen-bond acceptors (Lipinski definition) is 8. The number of aromatic nitrogens is 3. The number of esters is 1. The highest BCUT2D eigenvalue weighted by Crippen LogP contribution is 2.44. The van der Waals surface area contributed by atoms with Crippen molar-refractivity contribution < 1.29 is 19.1 Å². The van der Waals surface area contributed by atoms with Crippen LogP contribution in [0.1, 0.15) is 48.3 Å². The average Bonchev–Trinajstić information content (AvgIpc) is 2.89. The van der Waals surface area contributed by atoms with Crippen molar-refractivity contribution in [2.75, 3.05) is 11.9 Å². The second-order valence-corrected chi connectivity index (χ2v) is 9.98. The third-order valence-electron chi connectivity index (χ3n) is 6.25. The lowest BCUT2D eigenvalue weighted by atomic mass is 9.60. The van der Waals surface area contributed by atoms with E-state index in [1.165, 1.54) is 31.0 Å². The van der Waals surface area contributed by atoms with Crippen molar-refractivity contribution in [2.45, 2.75) is 39.2 Å². The number of ketones is 1. The summed E-state index contributed by atoms with van der Waals surface area (Å²) < 4.78 is 5.28. The topological polar surface area (TPSA) is 124 Å². The Morgan fingerprint density at radius 1 is 1.08 bits per heavy atom. The summed E-state index contributed by atoms with van der Waals surface area (Å²) in [5.74, 6) is -1.65. The third kappa shape index (κ3) is 5.58. The average molecular weight is 554 g/mol. The van der Waals surface area contributed by atoms with Gasteiger partial charge in [0, 0.05) is 48.8 Å². The monoisotopic (exact) mass is 553 g/mol. The van der Waals surface area contributed by atoms with Gasteiger partial charge in [-0.15, -0.1) is 0 Å². The van der Waals surface area contributed by atoms with Gasteiger partial charge in [0.25, 0.3) is 5.91 Å². The molecule has 1 aromatic carbocycles. The standard InChI is InChI=1S/C27H25Cl2N5O4/c1-4-38-26(37)19(34-23-22(24(35)27(23,2)3)20-14-30-9-10-32-20)11-15-5-7-16(8-6-15)33-25(36)21-17(28)12-31-13-18(21)29/h5-10,12-14,19,22H,4,11H2,1-3H3,(H,33,36)/t19-,22?/m0/s1. The molecular weight excluding hydrogens is 529 g/mol. The molecule has 1 saturated carbocycles. The smallest absolute Gasteiger partial charge is 0.331 e. The highest BCUT2D eigenvalue weighted by molar-refractivity contribution is 6.40. The van der Waals surface area contributed by atoms with Crippen LogP contribution in [0, 0.1) is 5.41 Å². The van der Waals surface area contributed by atoms with Crippen molar-refractivity contribution in [3.05, 3.63) is 82.1 Å². The number of aliphatic imine (C=N–C) groups is 1. The summed E-state index contributed by atoms with van der Waals surface area (Å²) >= 11 is 12.1. The lowest BCUT2D eigenvalue weighted by Gasteiger charge is -2.42. The number of carbonyl (C=O) groups excluding carboxylic acids is 3. The molecule has 4 rings (SSSR count). The van der Waals surface area contributed by atoms with E-state index in [1.807, 2.05) is 0 Å². The maximum absolute atomic E-state index is 12.9. The highest BCUT2D eigenvalue weighted by atomic mass is 35.5. The van der Waals surface area contributed by atoms with Crippen LogP contribution in [-0.4, -0.2) is 51.0 Å². The Hall–Kier alpha value is -3.69. The zero-order valence-corrected chi connectivity index (χ0v) is 22.5. The molecule has 196 valence electrons. The molecular formula is C27H25Cl2N5O4. The van der Waals surface area contributed by atoms with E-state index in [0.29, 0.717) is 17.1 Å². The SMILES string of the molecule is CCOC(=O)[C@H](Cc1ccc(NC(=O)c2c(Cl)cncc2Cl)cc1)N=C1C(c2cnccn2)C(=O)C1(C)C. The molecule has 1 amide bonds. The van der Waals surface area contributed by atoms with Gasteiger partial charge in [0.15, 0.2) is 11.8 Å². The number of rotatable bonds is 8. The Balaban J connectivity index is 1.56. The van der Waals surface area contributed by atoms with Gasteiger partial charge in [-0.05, 0) is 38.5 Å². The number of amides is 1. The zero-order valence-electron chi connectivity index (χ0n) is 20.9. The molecule has 1 unspecified atom stereocenters. The molecule has 2 atom stereocenters. The van der Waals surface area contributed by atoms with Gasteiger partial charge in [-0.1, -0.05) is 35.3 Å². The first-order valence-electron chi connectivity index (χ1n) is 11.9. The summed E-state index contributed by atoms with van der Waals surface area (Å²) in [7, 11) is 0. The normalized spacial score (nSPS) is 18.0. The molecule has 0 saturated heterocycles. The Labute approximate surface area is 229 Å². The van der Waals surface area contributed by atoms with Gasteiger partial charge in [-0.2, -0.15) is 0 Å². The van der Waals surface area contributed by atoms with Crippen molar-refractivity contribution in [1.82, 2.24) is 15.0 Å². The van der Waals surface area contributed by atoms with E-state index in [0.717, 1.165) is 5.56 Å². The Bertz CT molecular complexity index is 1370. The number of nitrogens with one attached hydrogen (secondary N) is 1. The highest BCUT2D eigenvalue weighted by Gasteiger charge is 2.55. The zero-order chi connectivity index (χ0) is 27.4. The molecule has 0 aliphatic heterocycles. The molecule has 11 heteroatoms. The van der Waals surface area contributed by atoms with Crippen LogP contribution in [0.25, 0.3) is 0 Å². The minimum absolute atomic E-state index is 0.0335. The van der Waals surface area contributed by atoms with Crippen molar-refractivity contribution in [2.24, 2.45) is 10.4 Å². The molecule has 1 aliphatic rings. The van der Waals surface area contributed by atoms with Crippen LogP contribution in [0.4, 0.5) is 5.69 Å². The van der Waals surface area contributed by atoms with Gasteiger partial charge in [-0.3, -0.25) is 29.5 Å². The lowest BCUT2D eigenvalue weighted by molar-refractivity contribution is -0.144. The third-order valence-corrected chi connectivity index (χ3v) is 6.82. The second-order valence-electron chi connectivity index (χ2n) is 9.17. The summed E-state index contributed by atoms with van der Waals surface area (Å²) in [6.45, 7) is 5.48. The van der Waals surface area contributed by atoms with Crippen LogP contribution in [0.5, 0.6) is 0 Å². The quantitative estimate of drug-likeness (QED) is 0.399. The fourth-order valence-electron chi connectivity index (χ4n) is 4.22. The summed E-state index contributed by atoms with van der Waals surface area (Å²) in [6.07, 6.45) is 7.50. The number of halogens is 2. The van der Waals surface area contributed by atoms with E-state index >= 15 is 0 Å². The van der Waals surface area contributed by atoms with Gasteiger partial charge >= 0.3 is 5.97 Å². The molecule has 0 radical (unpaired) electrons. The second kappa shape index (κ2) is 11.4. The molecule has 2 heterocycles. The van der Waals surface area contributed by atoms with Crippen LogP contribution < -0.4 is 5.32 Å². The minimum Gasteiger partial charge on any atom is -0.464 e. The Morgan fingerprint density at radius 2 is 1.76 bits per heavy atom. The first-order chi connectivity index (χ1) is 18.1. The van der Waals surface area contributed by atoms with E-state index in [1.54, 1.807) is 45.0 Å². The van der Waals surface area contributed by atoms with Gasteiger partial charge in [0.05, 0.1) is 33.3 Å². The van der Waals surface area contributed by atoms with Gasteiger partial charge in [0.2, 0.25) is 0 Å². The first kappa shape index (κ1) is 27.3. The van der Waals surface area contributed by atoms with E-state index in [4.69, 9.17) is 32.9 Å². The van der Waals surface area contributed by atoms with Crippen molar-refractivity contribution in [1.29, 1.82) is 0 Å². The number of hydrogen-bond donors (Lipinski definition) is 1. The lowest BCUT2D eigenvalue weighted by Crippen LogP contribution is -2.54. The largest absolute Gasteiger partial charge is 0.464 e. The summed E-state index contributed by atoms with van der Waals surface area (Å²) in [4.78, 5) is 55.3. The minimum atomic E-state index is -0.869. The number of carbonyl (C=O) groups is 3. The van der Waals surface area contributed by atoms with E-state index in [2.05, 4.69) is 20.3 Å². The van der Waals surface area contributed by atoms with Gasteiger partial charge < -0.3 is 10.1 Å². The van der Waals surface area contributed by atoms with Crippen molar-refractivity contribution in [3.8, 4) is 0 Å². The summed E-state index contributed by atoms with van der Waals surface area (Å²) in [5, 5.41) is 3.03. The molecule has 0 bridgehead atoms. The van der Waals surface area contributed by atoms with E-state index in [-0.39, 0.29) is 34.4 Å². The first-order valence-corrected chi connectivity index (χ1v) is 12.6. The number of Topliss-reactive ketones (excluding diaryl/α,β-unsaturated/α-hetero) is 1. The summed E-state index contributed by atoms with van der Waals surface area (Å²) in [5.41, 5.74) is 1.64. The van der Waals surface area contributed by atoms with E-state index in [9.17, 15) is 14.4 Å². The van der Waals surface area contributed by atoms with Crippen LogP contribution >= 0.6 is 23.2 Å². The predicted octanol–water partition coefficient (Wildman–Crippen LogP) is 4.74. The molecule has 3 aromatic rings. The van der Waals surface area contributed by atoms with Crippen LogP contribution in [0.2, 0.25) is 10.0 Å². The van der Waals surface area contributed by atoms with Crippen molar-refractivity contribution >= 4 is 52.3 Å². The molecule has 9 nitrogen and oxygen atoms in total. The fraction of sp³-hybridized carbons (Fsp3) is 0.296. The molecule has 1 fully saturated rings. The predicted molar refractivity (Wildman–Crippen MR) is 144 cm³/mol. The fourth-order valence-corrected chi connectivity index (χ4v) is 4.76. The Morgan fingerprint density at radius 3 is 2.37 bits per heavy atom. The number of ether oxygens (including phenoxy) is 1. The Kier molecular flexibility index (Phi) is 8.18. The number of benzene rings is 1. The summed E-state index contributed by atoms with van der Waals surface area (Å²) in [6, 6.07) is 6.07. The van der Waals surface area contributed by atoms with Crippen LogP contribution in [0.15, 0.2) is 60.2 Å². The van der Waals surface area contributed by atoms with Crippen molar-refractivity contribution in [3.63, 3.8) is 0 Å².